The normalized spacial score (nSPS) is 21.6. The van der Waals surface area contributed by atoms with Crippen LogP contribution in [0.2, 0.25) is 0 Å². The van der Waals surface area contributed by atoms with E-state index in [0.717, 1.165) is 17.3 Å². The molecule has 0 aliphatic carbocycles. The molecule has 4 rings (SSSR count). The van der Waals surface area contributed by atoms with Gasteiger partial charge in [0.05, 0.1) is 24.8 Å². The van der Waals surface area contributed by atoms with Gasteiger partial charge in [-0.2, -0.15) is 0 Å². The second-order valence-electron chi connectivity index (χ2n) is 8.10. The number of halogens is 1. The van der Waals surface area contributed by atoms with Crippen molar-refractivity contribution in [1.82, 2.24) is 4.90 Å². The van der Waals surface area contributed by atoms with Crippen molar-refractivity contribution >= 4 is 33.4 Å². The van der Waals surface area contributed by atoms with Crippen LogP contribution in [0.3, 0.4) is 0 Å². The molecule has 1 amide bonds. The van der Waals surface area contributed by atoms with E-state index in [1.165, 1.54) is 12.0 Å². The summed E-state index contributed by atoms with van der Waals surface area (Å²) >= 11 is 3.37. The number of amides is 1. The van der Waals surface area contributed by atoms with Gasteiger partial charge in [-0.3, -0.25) is 9.59 Å². The van der Waals surface area contributed by atoms with Gasteiger partial charge in [0.2, 0.25) is 0 Å². The van der Waals surface area contributed by atoms with Crippen LogP contribution in [0.1, 0.15) is 30.0 Å². The molecule has 7 nitrogen and oxygen atoms in total. The Hall–Kier alpha value is -3.10. The molecule has 1 N–H and O–H groups in total. The van der Waals surface area contributed by atoms with Gasteiger partial charge < -0.3 is 24.2 Å². The van der Waals surface area contributed by atoms with E-state index in [4.69, 9.17) is 14.2 Å². The topological polar surface area (TPSA) is 85.3 Å². The molecule has 0 radical (unpaired) electrons. The molecule has 2 unspecified atom stereocenters. The number of nitrogens with zero attached hydrogens (tertiary/aromatic N) is 1. The van der Waals surface area contributed by atoms with Gasteiger partial charge in [0.1, 0.15) is 12.4 Å². The Bertz CT molecular complexity index is 1120. The van der Waals surface area contributed by atoms with Crippen LogP contribution in [-0.2, 0) is 14.3 Å². The first-order valence-corrected chi connectivity index (χ1v) is 11.8. The molecule has 0 bridgehead atoms. The molecule has 2 aliphatic rings. The minimum absolute atomic E-state index is 0.0344. The molecule has 2 aliphatic heterocycles. The van der Waals surface area contributed by atoms with E-state index < -0.39 is 17.7 Å². The summed E-state index contributed by atoms with van der Waals surface area (Å²) in [5.41, 5.74) is 1.10. The van der Waals surface area contributed by atoms with Crippen LogP contribution in [0.5, 0.6) is 11.5 Å². The van der Waals surface area contributed by atoms with Crippen molar-refractivity contribution < 1.29 is 28.9 Å². The number of hydrogen-bond acceptors (Lipinski definition) is 6. The molecular weight excluding hydrogens is 502 g/mol. The lowest BCUT2D eigenvalue weighted by molar-refractivity contribution is -0.140. The molecule has 2 aromatic rings. The number of Topliss-reactive ketones (excluding diaryl/α,β-unsaturated/α-hetero) is 1. The van der Waals surface area contributed by atoms with Crippen molar-refractivity contribution in [2.24, 2.45) is 0 Å². The first-order valence-electron chi connectivity index (χ1n) is 11.0. The highest BCUT2D eigenvalue weighted by molar-refractivity contribution is 9.10. The number of aliphatic hydroxyl groups is 1. The van der Waals surface area contributed by atoms with E-state index >= 15 is 0 Å². The van der Waals surface area contributed by atoms with Gasteiger partial charge in [-0.1, -0.05) is 46.8 Å². The quantitative estimate of drug-likeness (QED) is 0.233. The van der Waals surface area contributed by atoms with Gasteiger partial charge in [-0.05, 0) is 42.7 Å². The Balaban J connectivity index is 1.82. The molecule has 8 heteroatoms. The fourth-order valence-electron chi connectivity index (χ4n) is 4.31. The van der Waals surface area contributed by atoms with Crippen LogP contribution in [0.15, 0.2) is 65.2 Å². The number of rotatable bonds is 8. The number of hydrogen-bond donors (Lipinski definition) is 1. The zero-order valence-electron chi connectivity index (χ0n) is 18.8. The molecule has 0 saturated carbocycles. The highest BCUT2D eigenvalue weighted by atomic mass is 79.9. The maximum atomic E-state index is 13.2. The van der Waals surface area contributed by atoms with Gasteiger partial charge >= 0.3 is 0 Å². The SMILES string of the molecule is C=CCOc1ccc(C2C(=C(O)c3ccc(Br)cc3)C(=O)C(=O)N2CC2CCCO2)cc1OC. The zero-order chi connectivity index (χ0) is 24.2. The van der Waals surface area contributed by atoms with Crippen LogP contribution >= 0.6 is 15.9 Å². The average molecular weight is 528 g/mol. The molecule has 2 heterocycles. The molecule has 2 aromatic carbocycles. The molecule has 0 spiro atoms. The number of likely N-dealkylation sites (tertiary alicyclic amines) is 1. The predicted molar refractivity (Wildman–Crippen MR) is 131 cm³/mol. The maximum Gasteiger partial charge on any atom is 0.295 e. The van der Waals surface area contributed by atoms with Crippen molar-refractivity contribution in [3.8, 4) is 11.5 Å². The summed E-state index contributed by atoms with van der Waals surface area (Å²) in [5, 5.41) is 11.2. The third-order valence-electron chi connectivity index (χ3n) is 5.94. The van der Waals surface area contributed by atoms with E-state index in [2.05, 4.69) is 22.5 Å². The molecule has 2 atom stereocenters. The van der Waals surface area contributed by atoms with Gasteiger partial charge in [0.25, 0.3) is 11.7 Å². The highest BCUT2D eigenvalue weighted by Gasteiger charge is 2.47. The third kappa shape index (κ3) is 4.74. The van der Waals surface area contributed by atoms with Gasteiger partial charge in [0, 0.05) is 23.2 Å². The molecule has 0 aromatic heterocycles. The molecule has 2 saturated heterocycles. The Labute approximate surface area is 206 Å². The average Bonchev–Trinajstić information content (AvgIpc) is 3.45. The number of ether oxygens (including phenoxy) is 3. The maximum absolute atomic E-state index is 13.2. The molecule has 178 valence electrons. The predicted octanol–water partition coefficient (Wildman–Crippen LogP) is 4.62. The Kier molecular flexibility index (Phi) is 7.38. The number of carbonyl (C=O) groups excluding carboxylic acids is 2. The Morgan fingerprint density at radius 2 is 2.00 bits per heavy atom. The minimum Gasteiger partial charge on any atom is -0.507 e. The number of carbonyl (C=O) groups is 2. The van der Waals surface area contributed by atoms with Crippen molar-refractivity contribution in [2.75, 3.05) is 26.9 Å². The van der Waals surface area contributed by atoms with Gasteiger partial charge in [0.15, 0.2) is 11.5 Å². The van der Waals surface area contributed by atoms with E-state index in [9.17, 15) is 14.7 Å². The molecular formula is C26H26BrNO6. The van der Waals surface area contributed by atoms with E-state index in [1.807, 2.05) is 0 Å². The van der Waals surface area contributed by atoms with Crippen molar-refractivity contribution in [3.05, 3.63) is 76.3 Å². The Morgan fingerprint density at radius 1 is 1.24 bits per heavy atom. The number of aliphatic hydroxyl groups excluding tert-OH is 1. The lowest BCUT2D eigenvalue weighted by atomic mass is 9.95. The summed E-state index contributed by atoms with van der Waals surface area (Å²) in [6, 6.07) is 11.3. The summed E-state index contributed by atoms with van der Waals surface area (Å²) in [4.78, 5) is 27.8. The summed E-state index contributed by atoms with van der Waals surface area (Å²) in [6.07, 6.45) is 3.18. The van der Waals surface area contributed by atoms with Crippen LogP contribution in [-0.4, -0.2) is 54.7 Å². The van der Waals surface area contributed by atoms with Crippen molar-refractivity contribution in [2.45, 2.75) is 25.0 Å². The fourth-order valence-corrected chi connectivity index (χ4v) is 4.57. The number of ketones is 1. The fraction of sp³-hybridized carbons (Fsp3) is 0.308. The van der Waals surface area contributed by atoms with Crippen LogP contribution in [0.25, 0.3) is 5.76 Å². The zero-order valence-corrected chi connectivity index (χ0v) is 20.4. The highest BCUT2D eigenvalue weighted by Crippen LogP contribution is 2.42. The van der Waals surface area contributed by atoms with E-state index in [0.29, 0.717) is 35.8 Å². The first kappa shape index (κ1) is 24.0. The van der Waals surface area contributed by atoms with E-state index in [-0.39, 0.29) is 24.0 Å². The lowest BCUT2D eigenvalue weighted by Crippen LogP contribution is -2.36. The summed E-state index contributed by atoms with van der Waals surface area (Å²) in [5.74, 6) is -0.656. The second kappa shape index (κ2) is 10.4. The largest absolute Gasteiger partial charge is 0.507 e. The lowest BCUT2D eigenvalue weighted by Gasteiger charge is -2.28. The van der Waals surface area contributed by atoms with Crippen molar-refractivity contribution in [3.63, 3.8) is 0 Å². The molecule has 34 heavy (non-hydrogen) atoms. The monoisotopic (exact) mass is 527 g/mol. The summed E-state index contributed by atoms with van der Waals surface area (Å²) in [7, 11) is 1.52. The molecule has 2 fully saturated rings. The smallest absolute Gasteiger partial charge is 0.295 e. The second-order valence-corrected chi connectivity index (χ2v) is 9.02. The van der Waals surface area contributed by atoms with Gasteiger partial charge in [-0.25, -0.2) is 0 Å². The van der Waals surface area contributed by atoms with E-state index in [1.54, 1.807) is 48.5 Å². The number of benzene rings is 2. The number of methoxy groups -OCH3 is 1. The Morgan fingerprint density at radius 3 is 2.65 bits per heavy atom. The first-order chi connectivity index (χ1) is 16.4. The van der Waals surface area contributed by atoms with Crippen LogP contribution < -0.4 is 9.47 Å². The van der Waals surface area contributed by atoms with Crippen molar-refractivity contribution in [1.29, 1.82) is 0 Å². The standard InChI is InChI=1S/C26H26BrNO6/c1-3-12-34-20-11-8-17(14-21(20)32-2)23-22(24(29)16-6-9-18(27)10-7-16)25(30)26(31)28(23)15-19-5-4-13-33-19/h3,6-11,14,19,23,29H,1,4-5,12-13,15H2,2H3. The minimum atomic E-state index is -0.796. The summed E-state index contributed by atoms with van der Waals surface area (Å²) < 4.78 is 17.7. The van der Waals surface area contributed by atoms with Crippen LogP contribution in [0, 0.1) is 0 Å². The third-order valence-corrected chi connectivity index (χ3v) is 6.47. The van der Waals surface area contributed by atoms with Gasteiger partial charge in [-0.15, -0.1) is 0 Å². The summed E-state index contributed by atoms with van der Waals surface area (Å²) in [6.45, 7) is 4.84. The van der Waals surface area contributed by atoms with Crippen LogP contribution in [0.4, 0.5) is 0 Å².